The number of aromatic nitrogens is 1. The van der Waals surface area contributed by atoms with E-state index >= 15 is 0 Å². The normalized spacial score (nSPS) is 9.90. The van der Waals surface area contributed by atoms with Gasteiger partial charge < -0.3 is 10.6 Å². The van der Waals surface area contributed by atoms with Crippen molar-refractivity contribution < 1.29 is 4.79 Å². The second-order valence-electron chi connectivity index (χ2n) is 4.44. The molecule has 0 radical (unpaired) electrons. The van der Waals surface area contributed by atoms with Gasteiger partial charge in [-0.15, -0.1) is 0 Å². The maximum atomic E-state index is 11.3. The summed E-state index contributed by atoms with van der Waals surface area (Å²) in [4.78, 5) is 15.5. The van der Waals surface area contributed by atoms with E-state index in [-0.39, 0.29) is 5.78 Å². The van der Waals surface area contributed by atoms with Crippen LogP contribution in [0.2, 0.25) is 0 Å². The third kappa shape index (κ3) is 3.86. The molecule has 102 valence electrons. The molecule has 2 aromatic rings. The molecule has 0 saturated carbocycles. The van der Waals surface area contributed by atoms with E-state index in [1.54, 1.807) is 18.3 Å². The van der Waals surface area contributed by atoms with Gasteiger partial charge in [0, 0.05) is 17.4 Å². The van der Waals surface area contributed by atoms with Crippen molar-refractivity contribution in [3.63, 3.8) is 0 Å². The summed E-state index contributed by atoms with van der Waals surface area (Å²) in [5, 5.41) is 6.45. The third-order valence-electron chi connectivity index (χ3n) is 2.68. The Kier molecular flexibility index (Phi) is 4.42. The molecule has 0 fully saturated rings. The number of nitrogens with zero attached hydrogens (tertiary/aromatic N) is 1. The number of hydrogen-bond donors (Lipinski definition) is 2. The lowest BCUT2D eigenvalue weighted by Crippen LogP contribution is -2.19. The fourth-order valence-electron chi connectivity index (χ4n) is 1.64. The van der Waals surface area contributed by atoms with Crippen LogP contribution >= 0.6 is 12.2 Å². The summed E-state index contributed by atoms with van der Waals surface area (Å²) >= 11 is 5.21. The van der Waals surface area contributed by atoms with E-state index in [0.717, 1.165) is 11.3 Å². The number of ketones is 1. The quantitative estimate of drug-likeness (QED) is 0.668. The van der Waals surface area contributed by atoms with Crippen LogP contribution < -0.4 is 10.6 Å². The van der Waals surface area contributed by atoms with Crippen LogP contribution in [0.15, 0.2) is 42.6 Å². The number of Topliss-reactive ketones (excluding diaryl/α,β-unsaturated/α-hetero) is 1. The molecule has 0 aliphatic rings. The van der Waals surface area contributed by atoms with Crippen LogP contribution in [0.4, 0.5) is 11.5 Å². The van der Waals surface area contributed by atoms with E-state index < -0.39 is 0 Å². The molecule has 1 aromatic carbocycles. The molecule has 2 rings (SSSR count). The Morgan fingerprint density at radius 2 is 2.00 bits per heavy atom. The van der Waals surface area contributed by atoms with Gasteiger partial charge in [-0.05, 0) is 49.8 Å². The Bertz CT molecular complexity index is 638. The van der Waals surface area contributed by atoms with Crippen LogP contribution in [-0.2, 0) is 0 Å². The summed E-state index contributed by atoms with van der Waals surface area (Å²) in [7, 11) is 0. The number of rotatable bonds is 3. The number of carbonyl (C=O) groups excluding carboxylic acids is 1. The van der Waals surface area contributed by atoms with Crippen molar-refractivity contribution >= 4 is 34.6 Å². The van der Waals surface area contributed by atoms with Gasteiger partial charge in [0.05, 0.1) is 0 Å². The summed E-state index contributed by atoms with van der Waals surface area (Å²) in [5.74, 6) is 0.698. The van der Waals surface area contributed by atoms with E-state index in [1.807, 2.05) is 31.2 Å². The second kappa shape index (κ2) is 6.25. The maximum absolute atomic E-state index is 11.3. The van der Waals surface area contributed by atoms with Crippen molar-refractivity contribution in [3.05, 3.63) is 53.7 Å². The average molecular weight is 285 g/mol. The lowest BCUT2D eigenvalue weighted by Gasteiger charge is -2.10. The van der Waals surface area contributed by atoms with Crippen LogP contribution in [-0.4, -0.2) is 15.9 Å². The highest BCUT2D eigenvalue weighted by molar-refractivity contribution is 7.80. The number of nitrogens with one attached hydrogen (secondary N) is 2. The smallest absolute Gasteiger partial charge is 0.176 e. The van der Waals surface area contributed by atoms with Gasteiger partial charge in [-0.1, -0.05) is 18.2 Å². The summed E-state index contributed by atoms with van der Waals surface area (Å²) in [6.07, 6.45) is 1.77. The predicted molar refractivity (Wildman–Crippen MR) is 85.3 cm³/mol. The summed E-state index contributed by atoms with van der Waals surface area (Å²) < 4.78 is 0. The zero-order valence-electron chi connectivity index (χ0n) is 11.3. The molecule has 0 spiro atoms. The first-order chi connectivity index (χ1) is 9.54. The lowest BCUT2D eigenvalue weighted by atomic mass is 10.1. The molecule has 20 heavy (non-hydrogen) atoms. The topological polar surface area (TPSA) is 54.0 Å². The van der Waals surface area contributed by atoms with Crippen molar-refractivity contribution in [2.45, 2.75) is 13.8 Å². The number of hydrogen-bond acceptors (Lipinski definition) is 3. The van der Waals surface area contributed by atoms with Crippen molar-refractivity contribution in [2.24, 2.45) is 0 Å². The van der Waals surface area contributed by atoms with E-state index in [4.69, 9.17) is 12.2 Å². The van der Waals surface area contributed by atoms with E-state index in [9.17, 15) is 4.79 Å². The zero-order chi connectivity index (χ0) is 14.5. The molecular formula is C15H15N3OS. The van der Waals surface area contributed by atoms with Gasteiger partial charge in [0.2, 0.25) is 0 Å². The van der Waals surface area contributed by atoms with Crippen LogP contribution in [0.3, 0.4) is 0 Å². The third-order valence-corrected chi connectivity index (χ3v) is 2.88. The van der Waals surface area contributed by atoms with Gasteiger partial charge in [-0.25, -0.2) is 4.98 Å². The van der Waals surface area contributed by atoms with Crippen LogP contribution in [0, 0.1) is 6.92 Å². The van der Waals surface area contributed by atoms with Gasteiger partial charge in [0.1, 0.15) is 5.82 Å². The minimum Gasteiger partial charge on any atom is -0.332 e. The Morgan fingerprint density at radius 1 is 1.20 bits per heavy atom. The maximum Gasteiger partial charge on any atom is 0.176 e. The van der Waals surface area contributed by atoms with Gasteiger partial charge in [0.15, 0.2) is 10.9 Å². The molecule has 2 N–H and O–H groups in total. The Balaban J connectivity index is 2.02. The Hall–Kier alpha value is -2.27. The van der Waals surface area contributed by atoms with E-state index in [1.165, 1.54) is 6.92 Å². The van der Waals surface area contributed by atoms with Crippen molar-refractivity contribution in [2.75, 3.05) is 10.6 Å². The van der Waals surface area contributed by atoms with Gasteiger partial charge in [-0.2, -0.15) is 0 Å². The molecular weight excluding hydrogens is 270 g/mol. The number of anilines is 2. The highest BCUT2D eigenvalue weighted by Crippen LogP contribution is 2.12. The Labute approximate surface area is 123 Å². The molecule has 4 nitrogen and oxygen atoms in total. The van der Waals surface area contributed by atoms with Crippen molar-refractivity contribution in [3.8, 4) is 0 Å². The fourth-order valence-corrected chi connectivity index (χ4v) is 1.86. The molecule has 5 heteroatoms. The molecule has 1 aromatic heterocycles. The van der Waals surface area contributed by atoms with Gasteiger partial charge in [-0.3, -0.25) is 4.79 Å². The average Bonchev–Trinajstić information content (AvgIpc) is 2.41. The second-order valence-corrected chi connectivity index (χ2v) is 4.85. The lowest BCUT2D eigenvalue weighted by molar-refractivity contribution is 0.101. The highest BCUT2D eigenvalue weighted by atomic mass is 32.1. The first kappa shape index (κ1) is 14.1. The van der Waals surface area contributed by atoms with Gasteiger partial charge >= 0.3 is 0 Å². The van der Waals surface area contributed by atoms with Gasteiger partial charge in [0.25, 0.3) is 0 Å². The molecule has 0 unspecified atom stereocenters. The first-order valence-electron chi connectivity index (χ1n) is 6.16. The number of aryl methyl sites for hydroxylation is 1. The van der Waals surface area contributed by atoms with Crippen LogP contribution in [0.5, 0.6) is 0 Å². The SMILES string of the molecule is CC(=O)c1cccc(NC(=S)Nc2ccc(C)cn2)c1. The zero-order valence-corrected chi connectivity index (χ0v) is 12.1. The first-order valence-corrected chi connectivity index (χ1v) is 6.57. The van der Waals surface area contributed by atoms with E-state index in [0.29, 0.717) is 16.5 Å². The fraction of sp³-hybridized carbons (Fsp3) is 0.133. The molecule has 1 heterocycles. The largest absolute Gasteiger partial charge is 0.332 e. The standard InChI is InChI=1S/C15H15N3OS/c1-10-6-7-14(16-9-10)18-15(20)17-13-5-3-4-12(8-13)11(2)19/h3-9H,1-2H3,(H2,16,17,18,20). The molecule has 0 bridgehead atoms. The minimum atomic E-state index is 0.0210. The summed E-state index contributed by atoms with van der Waals surface area (Å²) in [6, 6.07) is 11.0. The van der Waals surface area contributed by atoms with Crippen molar-refractivity contribution in [1.29, 1.82) is 0 Å². The summed E-state index contributed by atoms with van der Waals surface area (Å²) in [5.41, 5.74) is 2.50. The summed E-state index contributed by atoms with van der Waals surface area (Å²) in [6.45, 7) is 3.51. The highest BCUT2D eigenvalue weighted by Gasteiger charge is 2.03. The number of pyridine rings is 1. The number of carbonyl (C=O) groups is 1. The molecule has 0 saturated heterocycles. The predicted octanol–water partition coefficient (Wildman–Crippen LogP) is 3.40. The van der Waals surface area contributed by atoms with Crippen LogP contribution in [0.25, 0.3) is 0 Å². The van der Waals surface area contributed by atoms with Crippen LogP contribution in [0.1, 0.15) is 22.8 Å². The molecule has 0 atom stereocenters. The van der Waals surface area contributed by atoms with Crippen molar-refractivity contribution in [1.82, 2.24) is 4.98 Å². The molecule has 0 aliphatic carbocycles. The number of thiocarbonyl (C=S) groups is 1. The number of benzene rings is 1. The van der Waals surface area contributed by atoms with E-state index in [2.05, 4.69) is 15.6 Å². The molecule has 0 aliphatic heterocycles. The monoisotopic (exact) mass is 285 g/mol. The minimum absolute atomic E-state index is 0.0210. The molecule has 0 amide bonds. The Morgan fingerprint density at radius 3 is 2.65 bits per heavy atom.